The van der Waals surface area contributed by atoms with Gasteiger partial charge in [0.15, 0.2) is 0 Å². The fourth-order valence-corrected chi connectivity index (χ4v) is 2.49. The molecule has 1 atom stereocenters. The van der Waals surface area contributed by atoms with Gasteiger partial charge in [-0.2, -0.15) is 0 Å². The molecule has 0 aliphatic carbocycles. The summed E-state index contributed by atoms with van der Waals surface area (Å²) >= 11 is 0. The number of nitrogens with two attached hydrogens (primary N) is 1. The molecule has 1 aliphatic heterocycles. The Labute approximate surface area is 119 Å². The van der Waals surface area contributed by atoms with E-state index in [0.29, 0.717) is 32.5 Å². The average molecular weight is 275 g/mol. The molecule has 1 aliphatic rings. The Bertz CT molecular complexity index is 484. The lowest BCUT2D eigenvalue weighted by Crippen LogP contribution is -2.57. The first-order valence-electron chi connectivity index (χ1n) is 7.00. The fraction of sp³-hybridized carbons (Fsp3) is 0.467. The minimum Gasteiger partial charge on any atom is -0.353 e. The van der Waals surface area contributed by atoms with Gasteiger partial charge in [0.05, 0.1) is 6.42 Å². The first-order valence-corrected chi connectivity index (χ1v) is 7.00. The quantitative estimate of drug-likeness (QED) is 0.836. The van der Waals surface area contributed by atoms with E-state index in [-0.39, 0.29) is 17.9 Å². The average Bonchev–Trinajstić information content (AvgIpc) is 2.47. The number of benzene rings is 1. The maximum absolute atomic E-state index is 12.4. The van der Waals surface area contributed by atoms with Crippen molar-refractivity contribution in [3.8, 4) is 0 Å². The van der Waals surface area contributed by atoms with Crippen molar-refractivity contribution in [3.63, 3.8) is 0 Å². The van der Waals surface area contributed by atoms with E-state index in [4.69, 9.17) is 5.73 Å². The van der Waals surface area contributed by atoms with E-state index in [0.717, 1.165) is 11.1 Å². The Balaban J connectivity index is 2.04. The van der Waals surface area contributed by atoms with E-state index in [9.17, 15) is 9.59 Å². The molecular weight excluding hydrogens is 254 g/mol. The number of hydrogen-bond donors (Lipinski definition) is 2. The van der Waals surface area contributed by atoms with Crippen LogP contribution in [-0.2, 0) is 22.6 Å². The van der Waals surface area contributed by atoms with Crippen molar-refractivity contribution >= 4 is 11.8 Å². The smallest absolute Gasteiger partial charge is 0.242 e. The number of carbonyl (C=O) groups is 2. The van der Waals surface area contributed by atoms with Crippen LogP contribution in [0.1, 0.15) is 24.5 Å². The van der Waals surface area contributed by atoms with Gasteiger partial charge in [0, 0.05) is 19.6 Å². The van der Waals surface area contributed by atoms with Gasteiger partial charge in [-0.05, 0) is 17.5 Å². The highest BCUT2D eigenvalue weighted by Gasteiger charge is 2.31. The Kier molecular flexibility index (Phi) is 4.74. The highest BCUT2D eigenvalue weighted by atomic mass is 16.2. The van der Waals surface area contributed by atoms with Crippen LogP contribution in [0.4, 0.5) is 0 Å². The molecule has 0 bridgehead atoms. The first-order chi connectivity index (χ1) is 9.65. The SMILES string of the molecule is CCC1C(=O)NCCN1C(=O)Cc1ccc(CN)cc1. The van der Waals surface area contributed by atoms with Crippen molar-refractivity contribution in [1.82, 2.24) is 10.2 Å². The molecule has 0 saturated carbocycles. The number of piperazine rings is 1. The van der Waals surface area contributed by atoms with E-state index >= 15 is 0 Å². The van der Waals surface area contributed by atoms with Gasteiger partial charge in [-0.1, -0.05) is 31.2 Å². The van der Waals surface area contributed by atoms with Crippen molar-refractivity contribution in [1.29, 1.82) is 0 Å². The molecule has 5 heteroatoms. The summed E-state index contributed by atoms with van der Waals surface area (Å²) in [6, 6.07) is 7.38. The number of nitrogens with one attached hydrogen (secondary N) is 1. The van der Waals surface area contributed by atoms with E-state index in [1.54, 1.807) is 4.90 Å². The fourth-order valence-electron chi connectivity index (χ4n) is 2.49. The summed E-state index contributed by atoms with van der Waals surface area (Å²) < 4.78 is 0. The molecule has 1 aromatic carbocycles. The zero-order chi connectivity index (χ0) is 14.5. The van der Waals surface area contributed by atoms with Crippen molar-refractivity contribution in [2.45, 2.75) is 32.4 Å². The summed E-state index contributed by atoms with van der Waals surface area (Å²) in [5, 5.41) is 2.80. The Morgan fingerprint density at radius 1 is 1.35 bits per heavy atom. The number of rotatable bonds is 4. The van der Waals surface area contributed by atoms with Crippen molar-refractivity contribution in [3.05, 3.63) is 35.4 Å². The second kappa shape index (κ2) is 6.52. The van der Waals surface area contributed by atoms with Gasteiger partial charge in [0.1, 0.15) is 6.04 Å². The van der Waals surface area contributed by atoms with Gasteiger partial charge in [-0.3, -0.25) is 9.59 Å². The Morgan fingerprint density at radius 3 is 2.60 bits per heavy atom. The summed E-state index contributed by atoms with van der Waals surface area (Å²) in [4.78, 5) is 25.8. The van der Waals surface area contributed by atoms with Gasteiger partial charge in [0.2, 0.25) is 11.8 Å². The molecule has 1 heterocycles. The van der Waals surface area contributed by atoms with Crippen LogP contribution < -0.4 is 11.1 Å². The summed E-state index contributed by atoms with van der Waals surface area (Å²) in [5.41, 5.74) is 7.55. The predicted molar refractivity (Wildman–Crippen MR) is 76.8 cm³/mol. The second-order valence-corrected chi connectivity index (χ2v) is 5.00. The molecule has 1 fully saturated rings. The van der Waals surface area contributed by atoms with Crippen LogP contribution in [0.5, 0.6) is 0 Å². The molecule has 0 spiro atoms. The molecule has 2 rings (SSSR count). The van der Waals surface area contributed by atoms with E-state index in [2.05, 4.69) is 5.32 Å². The monoisotopic (exact) mass is 275 g/mol. The summed E-state index contributed by atoms with van der Waals surface area (Å²) in [6.45, 7) is 3.54. The molecular formula is C15H21N3O2. The van der Waals surface area contributed by atoms with Crippen LogP contribution in [0.15, 0.2) is 24.3 Å². The van der Waals surface area contributed by atoms with Crippen molar-refractivity contribution in [2.24, 2.45) is 5.73 Å². The van der Waals surface area contributed by atoms with Gasteiger partial charge in [-0.25, -0.2) is 0 Å². The Morgan fingerprint density at radius 2 is 2.00 bits per heavy atom. The van der Waals surface area contributed by atoms with Crippen LogP contribution in [0.2, 0.25) is 0 Å². The third-order valence-corrected chi connectivity index (χ3v) is 3.65. The van der Waals surface area contributed by atoms with Gasteiger partial charge >= 0.3 is 0 Å². The molecule has 108 valence electrons. The predicted octanol–water partition coefficient (Wildman–Crippen LogP) is 0.425. The number of hydrogen-bond acceptors (Lipinski definition) is 3. The molecule has 1 unspecified atom stereocenters. The number of nitrogens with zero attached hydrogens (tertiary/aromatic N) is 1. The van der Waals surface area contributed by atoms with Crippen LogP contribution in [0.3, 0.4) is 0 Å². The normalized spacial score (nSPS) is 18.8. The maximum atomic E-state index is 12.4. The van der Waals surface area contributed by atoms with E-state index < -0.39 is 0 Å². The molecule has 5 nitrogen and oxygen atoms in total. The third-order valence-electron chi connectivity index (χ3n) is 3.65. The number of amides is 2. The molecule has 3 N–H and O–H groups in total. The lowest BCUT2D eigenvalue weighted by molar-refractivity contribution is -0.142. The van der Waals surface area contributed by atoms with Crippen molar-refractivity contribution in [2.75, 3.05) is 13.1 Å². The minimum atomic E-state index is -0.334. The maximum Gasteiger partial charge on any atom is 0.242 e. The molecule has 1 aromatic rings. The highest BCUT2D eigenvalue weighted by Crippen LogP contribution is 2.12. The lowest BCUT2D eigenvalue weighted by atomic mass is 10.1. The summed E-state index contributed by atoms with van der Waals surface area (Å²) in [5.74, 6) is -0.0437. The van der Waals surface area contributed by atoms with Crippen molar-refractivity contribution < 1.29 is 9.59 Å². The lowest BCUT2D eigenvalue weighted by Gasteiger charge is -2.34. The van der Waals surface area contributed by atoms with Gasteiger partial charge < -0.3 is 16.0 Å². The van der Waals surface area contributed by atoms with E-state index in [1.807, 2.05) is 31.2 Å². The largest absolute Gasteiger partial charge is 0.353 e. The number of carbonyl (C=O) groups excluding carboxylic acids is 2. The first kappa shape index (κ1) is 14.5. The van der Waals surface area contributed by atoms with Gasteiger partial charge in [0.25, 0.3) is 0 Å². The summed E-state index contributed by atoms with van der Waals surface area (Å²) in [7, 11) is 0. The standard InChI is InChI=1S/C15H21N3O2/c1-2-13-15(20)17-7-8-18(13)14(19)9-11-3-5-12(10-16)6-4-11/h3-6,13H,2,7-10,16H2,1H3,(H,17,20). The van der Waals surface area contributed by atoms with Crippen LogP contribution in [0.25, 0.3) is 0 Å². The molecule has 2 amide bonds. The molecule has 0 aromatic heterocycles. The van der Waals surface area contributed by atoms with Crippen LogP contribution >= 0.6 is 0 Å². The van der Waals surface area contributed by atoms with Crippen LogP contribution in [-0.4, -0.2) is 35.8 Å². The zero-order valence-corrected chi connectivity index (χ0v) is 11.8. The molecule has 1 saturated heterocycles. The third kappa shape index (κ3) is 3.17. The Hall–Kier alpha value is -1.88. The zero-order valence-electron chi connectivity index (χ0n) is 11.8. The second-order valence-electron chi connectivity index (χ2n) is 5.00. The molecule has 0 radical (unpaired) electrons. The van der Waals surface area contributed by atoms with Gasteiger partial charge in [-0.15, -0.1) is 0 Å². The minimum absolute atomic E-state index is 0.00667. The highest BCUT2D eigenvalue weighted by molar-refractivity contribution is 5.89. The molecule has 20 heavy (non-hydrogen) atoms. The van der Waals surface area contributed by atoms with E-state index in [1.165, 1.54) is 0 Å². The summed E-state index contributed by atoms with van der Waals surface area (Å²) in [6.07, 6.45) is 0.971. The van der Waals surface area contributed by atoms with Crippen LogP contribution in [0, 0.1) is 0 Å². The topological polar surface area (TPSA) is 75.4 Å².